The Labute approximate surface area is 449 Å². The number of nitrogens with zero attached hydrogens (tertiary/aromatic N) is 3. The van der Waals surface area contributed by atoms with Gasteiger partial charge in [0, 0.05) is 72.2 Å². The number of anilines is 4. The first kappa shape index (κ1) is 47.3. The van der Waals surface area contributed by atoms with Gasteiger partial charge in [-0.15, -0.1) is 35.9 Å². The molecule has 0 radical (unpaired) electrons. The van der Waals surface area contributed by atoms with E-state index in [2.05, 4.69) is 243 Å². The van der Waals surface area contributed by atoms with Gasteiger partial charge in [0.1, 0.15) is 13.9 Å². The molecular formula is C67H53N4OPtSi-3. The molecule has 1 spiro atoms. The number of fused-ring (bicyclic) bond motifs is 6. The number of ether oxygens (including phenoxy) is 1. The monoisotopic (exact) mass is 1150 g/mol. The van der Waals surface area contributed by atoms with E-state index >= 15 is 0 Å². The molecule has 13 rings (SSSR count). The van der Waals surface area contributed by atoms with Gasteiger partial charge in [0.15, 0.2) is 0 Å². The van der Waals surface area contributed by atoms with Gasteiger partial charge in [-0.2, -0.15) is 6.07 Å². The van der Waals surface area contributed by atoms with Gasteiger partial charge < -0.3 is 19.5 Å². The van der Waals surface area contributed by atoms with Crippen LogP contribution in [-0.4, -0.2) is 17.6 Å². The van der Waals surface area contributed by atoms with Crippen LogP contribution in [0.25, 0.3) is 49.9 Å². The van der Waals surface area contributed by atoms with Crippen LogP contribution < -0.4 is 25.3 Å². The van der Waals surface area contributed by atoms with Gasteiger partial charge >= 0.3 is 0 Å². The zero-order chi connectivity index (χ0) is 49.6. The molecule has 0 atom stereocenters. The zero-order valence-electron chi connectivity index (χ0n) is 42.0. The van der Waals surface area contributed by atoms with Gasteiger partial charge in [-0.3, -0.25) is 7.05 Å². The van der Waals surface area contributed by atoms with Gasteiger partial charge in [0.25, 0.3) is 0 Å². The van der Waals surface area contributed by atoms with Crippen molar-refractivity contribution in [3.05, 3.63) is 259 Å². The summed E-state index contributed by atoms with van der Waals surface area (Å²) in [6.45, 7) is 11.8. The quantitative estimate of drug-likeness (QED) is 0.116. The number of hydrogen-bond acceptors (Lipinski definition) is 4. The minimum Gasteiger partial charge on any atom is -0.509 e. The maximum absolute atomic E-state index is 7.09. The molecule has 1 N–H and O–H groups in total. The number of para-hydroxylation sites is 3. The van der Waals surface area contributed by atoms with E-state index in [0.29, 0.717) is 11.5 Å². The van der Waals surface area contributed by atoms with Crippen LogP contribution in [0.15, 0.2) is 212 Å². The maximum atomic E-state index is 7.09. The van der Waals surface area contributed by atoms with Crippen molar-refractivity contribution < 1.29 is 25.8 Å². The first-order valence-electron chi connectivity index (χ1n) is 25.1. The van der Waals surface area contributed by atoms with Crippen molar-refractivity contribution >= 4 is 63.0 Å². The Morgan fingerprint density at radius 3 is 1.86 bits per heavy atom. The second-order valence-electron chi connectivity index (χ2n) is 21.0. The number of benzene rings is 9. The molecule has 0 fully saturated rings. The number of aromatic nitrogens is 2. The predicted molar refractivity (Wildman–Crippen MR) is 305 cm³/mol. The van der Waals surface area contributed by atoms with Crippen molar-refractivity contribution in [2.24, 2.45) is 0 Å². The Hall–Kier alpha value is -7.76. The van der Waals surface area contributed by atoms with Gasteiger partial charge in [-0.05, 0) is 84.9 Å². The normalized spacial score (nSPS) is 13.6. The molecule has 1 aliphatic carbocycles. The van der Waals surface area contributed by atoms with E-state index in [1.807, 2.05) is 30.5 Å². The summed E-state index contributed by atoms with van der Waals surface area (Å²) in [5, 5.41) is 9.07. The largest absolute Gasteiger partial charge is 0.509 e. The minimum absolute atomic E-state index is 0. The SMILES string of the molecule is [CH2-]N(c1ccccc1Nc1[c-]c(Oc2[c-]c3c4c(c2)C2(c5ccccc5[Si](C)(C)c5ccccc52)c2cccc(c24)n3-c2cc(C(C)(C)C)ccn2)ccc1)c1c(-c2ccccc2)cccc1-c1ccccc1.[Pt]. The molecule has 2 aliphatic rings. The van der Waals surface area contributed by atoms with E-state index in [0.717, 1.165) is 61.9 Å². The molecule has 0 saturated heterocycles. The Morgan fingerprint density at radius 1 is 0.595 bits per heavy atom. The van der Waals surface area contributed by atoms with Crippen LogP contribution in [0.2, 0.25) is 13.1 Å². The van der Waals surface area contributed by atoms with Crippen molar-refractivity contribution in [3.63, 3.8) is 0 Å². The molecule has 5 nitrogen and oxygen atoms in total. The predicted octanol–water partition coefficient (Wildman–Crippen LogP) is 15.7. The fourth-order valence-electron chi connectivity index (χ4n) is 12.0. The molecule has 9 aromatic carbocycles. The van der Waals surface area contributed by atoms with Crippen molar-refractivity contribution in [2.75, 3.05) is 10.2 Å². The number of nitrogens with one attached hydrogen (secondary N) is 1. The number of pyridine rings is 1. The third-order valence-corrected chi connectivity index (χ3v) is 18.9. The summed E-state index contributed by atoms with van der Waals surface area (Å²) >= 11 is 0. The summed E-state index contributed by atoms with van der Waals surface area (Å²) in [7, 11) is 2.63. The molecule has 0 unspecified atom stereocenters. The molecule has 7 heteroatoms. The van der Waals surface area contributed by atoms with Gasteiger partial charge in [0.05, 0.1) is 5.69 Å². The molecule has 11 aromatic rings. The summed E-state index contributed by atoms with van der Waals surface area (Å²) in [4.78, 5) is 7.12. The summed E-state index contributed by atoms with van der Waals surface area (Å²) in [6, 6.07) is 81.2. The van der Waals surface area contributed by atoms with Crippen LogP contribution in [0.1, 0.15) is 48.6 Å². The Kier molecular flexibility index (Phi) is 11.5. The van der Waals surface area contributed by atoms with Crippen molar-refractivity contribution in [3.8, 4) is 39.6 Å². The van der Waals surface area contributed by atoms with Crippen molar-refractivity contribution in [1.82, 2.24) is 9.55 Å². The average Bonchev–Trinajstić information content (AvgIpc) is 3.94. The Morgan fingerprint density at radius 2 is 1.19 bits per heavy atom. The van der Waals surface area contributed by atoms with Crippen LogP contribution in [0.5, 0.6) is 11.5 Å². The van der Waals surface area contributed by atoms with Crippen LogP contribution in [0.3, 0.4) is 0 Å². The van der Waals surface area contributed by atoms with Gasteiger partial charge in [-0.25, -0.2) is 4.98 Å². The van der Waals surface area contributed by atoms with E-state index < -0.39 is 13.5 Å². The summed E-state index contributed by atoms with van der Waals surface area (Å²) in [6.07, 6.45) is 1.94. The van der Waals surface area contributed by atoms with E-state index in [1.54, 1.807) is 0 Å². The molecule has 0 amide bonds. The summed E-state index contributed by atoms with van der Waals surface area (Å²) in [5.74, 6) is 2.03. The maximum Gasteiger partial charge on any atom is 0.135 e. The van der Waals surface area contributed by atoms with Gasteiger partial charge in [-0.1, -0.05) is 202 Å². The number of hydrogen-bond donors (Lipinski definition) is 1. The fourth-order valence-corrected chi connectivity index (χ4v) is 15.2. The molecule has 3 heterocycles. The fraction of sp³-hybridized carbons (Fsp3) is 0.104. The van der Waals surface area contributed by atoms with Crippen LogP contribution >= 0.6 is 0 Å². The molecule has 74 heavy (non-hydrogen) atoms. The Balaban J connectivity index is 0.00000556. The molecule has 364 valence electrons. The zero-order valence-corrected chi connectivity index (χ0v) is 45.3. The molecular weight excluding hydrogens is 1100 g/mol. The smallest absolute Gasteiger partial charge is 0.135 e. The van der Waals surface area contributed by atoms with Gasteiger partial charge in [0.2, 0.25) is 0 Å². The second-order valence-corrected chi connectivity index (χ2v) is 25.3. The van der Waals surface area contributed by atoms with E-state index in [4.69, 9.17) is 16.8 Å². The van der Waals surface area contributed by atoms with E-state index in [9.17, 15) is 0 Å². The van der Waals surface area contributed by atoms with Crippen molar-refractivity contribution in [1.29, 1.82) is 0 Å². The molecule has 0 saturated carbocycles. The minimum atomic E-state index is -2.12. The molecule has 1 aliphatic heterocycles. The third kappa shape index (κ3) is 7.33. The summed E-state index contributed by atoms with van der Waals surface area (Å²) < 4.78 is 9.39. The standard InChI is InChI=1S/C67H53N4OSi.Pt/c1-66(2,3)46-38-39-68-62(40-46)71-58-35-21-32-54-63(58)64-55(67(54)52-30-13-17-36-60(52)73(5,6)61-37-18-14-31-53(61)67)42-49(43-59(64)71)72-48-27-19-26-47(41-48)69-56-33-15-16-34-57(56)70(4)65-50(44-22-9-7-10-23-44)28-20-29-51(65)45-24-11-8-12-25-45;/h7-40,42,69H,4H2,1-3,5-6H3;/q-3;. The summed E-state index contributed by atoms with van der Waals surface area (Å²) in [5.41, 5.74) is 15.7. The number of rotatable bonds is 9. The topological polar surface area (TPSA) is 42.3 Å². The van der Waals surface area contributed by atoms with Crippen LogP contribution in [0.4, 0.5) is 22.7 Å². The first-order chi connectivity index (χ1) is 35.5. The second kappa shape index (κ2) is 18.0. The first-order valence-corrected chi connectivity index (χ1v) is 28.1. The van der Waals surface area contributed by atoms with Crippen LogP contribution in [0, 0.1) is 19.2 Å². The Bertz CT molecular complexity index is 3860. The average molecular weight is 1150 g/mol. The third-order valence-electron chi connectivity index (χ3n) is 15.4. The molecule has 2 aromatic heterocycles. The molecule has 0 bridgehead atoms. The van der Waals surface area contributed by atoms with E-state index in [-0.39, 0.29) is 26.5 Å². The van der Waals surface area contributed by atoms with E-state index in [1.165, 1.54) is 49.0 Å². The van der Waals surface area contributed by atoms with Crippen molar-refractivity contribution in [2.45, 2.75) is 44.7 Å². The van der Waals surface area contributed by atoms with Crippen LogP contribution in [-0.2, 0) is 31.9 Å².